The lowest BCUT2D eigenvalue weighted by molar-refractivity contribution is 0.102. The van der Waals surface area contributed by atoms with E-state index in [9.17, 15) is 15.0 Å². The number of amides is 1. The lowest BCUT2D eigenvalue weighted by Crippen LogP contribution is -2.13. The zero-order valence-electron chi connectivity index (χ0n) is 10.3. The zero-order valence-corrected chi connectivity index (χ0v) is 11.1. The Hall–Kier alpha value is -2.60. The first-order valence-corrected chi connectivity index (χ1v) is 6.11. The zero-order chi connectivity index (χ0) is 14.7. The van der Waals surface area contributed by atoms with Crippen LogP contribution in [0.4, 0.5) is 5.69 Å². The summed E-state index contributed by atoms with van der Waals surface area (Å²) in [4.78, 5) is 12.2. The monoisotopic (exact) mass is 288 g/mol. The Kier molecular flexibility index (Phi) is 3.86. The molecule has 2 aromatic rings. The fourth-order valence-electron chi connectivity index (χ4n) is 1.62. The Morgan fingerprint density at radius 1 is 1.10 bits per heavy atom. The van der Waals surface area contributed by atoms with E-state index in [1.807, 2.05) is 0 Å². The Labute approximate surface area is 120 Å². The second-order valence-corrected chi connectivity index (χ2v) is 4.54. The molecule has 0 aliphatic rings. The number of anilines is 1. The SMILES string of the molecule is NC(=S)c1ccc(NC(=O)c2cc(O)ccc2O)cc1. The van der Waals surface area contributed by atoms with Gasteiger partial charge >= 0.3 is 0 Å². The van der Waals surface area contributed by atoms with Crippen molar-refractivity contribution in [3.05, 3.63) is 53.6 Å². The summed E-state index contributed by atoms with van der Waals surface area (Å²) < 4.78 is 0. The van der Waals surface area contributed by atoms with Gasteiger partial charge in [-0.3, -0.25) is 4.79 Å². The van der Waals surface area contributed by atoms with E-state index in [0.717, 1.165) is 0 Å². The third kappa shape index (κ3) is 3.04. The molecule has 0 radical (unpaired) electrons. The van der Waals surface area contributed by atoms with E-state index in [2.05, 4.69) is 5.32 Å². The van der Waals surface area contributed by atoms with Gasteiger partial charge in [-0.1, -0.05) is 12.2 Å². The first-order chi connectivity index (χ1) is 9.47. The molecule has 0 bridgehead atoms. The summed E-state index contributed by atoms with van der Waals surface area (Å²) in [7, 11) is 0. The Morgan fingerprint density at radius 3 is 2.35 bits per heavy atom. The van der Waals surface area contributed by atoms with Crippen LogP contribution in [0.2, 0.25) is 0 Å². The average Bonchev–Trinajstić information content (AvgIpc) is 2.42. The topological polar surface area (TPSA) is 95.6 Å². The molecule has 5 N–H and O–H groups in total. The third-order valence-corrected chi connectivity index (χ3v) is 2.89. The number of thiocarbonyl (C=S) groups is 1. The van der Waals surface area contributed by atoms with Crippen molar-refractivity contribution < 1.29 is 15.0 Å². The quantitative estimate of drug-likeness (QED) is 0.511. The third-order valence-electron chi connectivity index (χ3n) is 2.65. The number of hydrogen-bond donors (Lipinski definition) is 4. The summed E-state index contributed by atoms with van der Waals surface area (Å²) in [5.74, 6) is -0.835. The van der Waals surface area contributed by atoms with Crippen LogP contribution in [-0.2, 0) is 0 Å². The maximum Gasteiger partial charge on any atom is 0.259 e. The molecule has 0 aliphatic heterocycles. The molecular weight excluding hydrogens is 276 g/mol. The summed E-state index contributed by atoms with van der Waals surface area (Å²) in [5, 5.41) is 21.5. The van der Waals surface area contributed by atoms with E-state index in [-0.39, 0.29) is 22.1 Å². The molecule has 0 spiro atoms. The van der Waals surface area contributed by atoms with Crippen molar-refractivity contribution in [3.8, 4) is 11.5 Å². The van der Waals surface area contributed by atoms with Crippen LogP contribution in [0, 0.1) is 0 Å². The van der Waals surface area contributed by atoms with Crippen molar-refractivity contribution in [1.82, 2.24) is 0 Å². The van der Waals surface area contributed by atoms with Gasteiger partial charge in [-0.2, -0.15) is 0 Å². The second kappa shape index (κ2) is 5.58. The van der Waals surface area contributed by atoms with Gasteiger partial charge in [-0.15, -0.1) is 0 Å². The maximum absolute atomic E-state index is 12.0. The molecule has 0 saturated heterocycles. The highest BCUT2D eigenvalue weighted by Crippen LogP contribution is 2.23. The minimum Gasteiger partial charge on any atom is -0.508 e. The maximum atomic E-state index is 12.0. The molecule has 0 unspecified atom stereocenters. The van der Waals surface area contributed by atoms with Crippen molar-refractivity contribution in [3.63, 3.8) is 0 Å². The van der Waals surface area contributed by atoms with Gasteiger partial charge in [-0.25, -0.2) is 0 Å². The predicted molar refractivity (Wildman–Crippen MR) is 80.1 cm³/mol. The number of carbonyl (C=O) groups is 1. The van der Waals surface area contributed by atoms with Crippen molar-refractivity contribution in [2.45, 2.75) is 0 Å². The van der Waals surface area contributed by atoms with Crippen LogP contribution in [-0.4, -0.2) is 21.1 Å². The van der Waals surface area contributed by atoms with E-state index < -0.39 is 5.91 Å². The van der Waals surface area contributed by atoms with E-state index in [0.29, 0.717) is 11.3 Å². The number of nitrogens with two attached hydrogens (primary N) is 1. The predicted octanol–water partition coefficient (Wildman–Crippen LogP) is 1.98. The highest BCUT2D eigenvalue weighted by molar-refractivity contribution is 7.80. The fourth-order valence-corrected chi connectivity index (χ4v) is 1.76. The Bertz CT molecular complexity index is 669. The van der Waals surface area contributed by atoms with Crippen LogP contribution in [0.5, 0.6) is 11.5 Å². The molecule has 2 rings (SSSR count). The van der Waals surface area contributed by atoms with E-state index in [1.54, 1.807) is 24.3 Å². The Balaban J connectivity index is 2.19. The van der Waals surface area contributed by atoms with Crippen molar-refractivity contribution in [1.29, 1.82) is 0 Å². The lowest BCUT2D eigenvalue weighted by Gasteiger charge is -2.08. The smallest absolute Gasteiger partial charge is 0.259 e. The molecule has 0 atom stereocenters. The lowest BCUT2D eigenvalue weighted by atomic mass is 10.1. The Morgan fingerprint density at radius 2 is 1.75 bits per heavy atom. The van der Waals surface area contributed by atoms with E-state index >= 15 is 0 Å². The van der Waals surface area contributed by atoms with Gasteiger partial charge in [0, 0.05) is 11.3 Å². The minimum atomic E-state index is -0.526. The molecule has 5 nitrogen and oxygen atoms in total. The van der Waals surface area contributed by atoms with E-state index in [1.165, 1.54) is 18.2 Å². The molecule has 1 amide bonds. The molecule has 0 heterocycles. The molecule has 20 heavy (non-hydrogen) atoms. The number of phenols is 2. The first-order valence-electron chi connectivity index (χ1n) is 5.70. The number of phenolic OH excluding ortho intramolecular Hbond substituents is 2. The molecule has 0 fully saturated rings. The van der Waals surface area contributed by atoms with Gasteiger partial charge in [0.2, 0.25) is 0 Å². The largest absolute Gasteiger partial charge is 0.508 e. The normalized spacial score (nSPS) is 10.0. The summed E-state index contributed by atoms with van der Waals surface area (Å²) in [6.07, 6.45) is 0. The van der Waals surface area contributed by atoms with Gasteiger partial charge in [0.1, 0.15) is 16.5 Å². The van der Waals surface area contributed by atoms with E-state index in [4.69, 9.17) is 18.0 Å². The minimum absolute atomic E-state index is 0.0107. The van der Waals surface area contributed by atoms with Crippen LogP contribution in [0.1, 0.15) is 15.9 Å². The molecule has 2 aromatic carbocycles. The van der Waals surface area contributed by atoms with Gasteiger partial charge in [0.05, 0.1) is 5.56 Å². The van der Waals surface area contributed by atoms with Gasteiger partial charge in [-0.05, 0) is 42.5 Å². The molecular formula is C14H12N2O3S. The van der Waals surface area contributed by atoms with Crippen LogP contribution >= 0.6 is 12.2 Å². The summed E-state index contributed by atoms with van der Waals surface area (Å²) >= 11 is 4.83. The van der Waals surface area contributed by atoms with Crippen molar-refractivity contribution >= 4 is 28.8 Å². The molecule has 0 aliphatic carbocycles. The van der Waals surface area contributed by atoms with Gasteiger partial charge in [0.15, 0.2) is 0 Å². The summed E-state index contributed by atoms with van der Waals surface area (Å²) in [5.41, 5.74) is 6.68. The number of rotatable bonds is 3. The van der Waals surface area contributed by atoms with Crippen molar-refractivity contribution in [2.75, 3.05) is 5.32 Å². The van der Waals surface area contributed by atoms with Crippen LogP contribution < -0.4 is 11.1 Å². The van der Waals surface area contributed by atoms with Crippen molar-refractivity contribution in [2.24, 2.45) is 5.73 Å². The number of carbonyl (C=O) groups excluding carboxylic acids is 1. The molecule has 0 aromatic heterocycles. The van der Waals surface area contributed by atoms with Gasteiger partial charge in [0.25, 0.3) is 5.91 Å². The summed E-state index contributed by atoms with van der Waals surface area (Å²) in [6.45, 7) is 0. The highest BCUT2D eigenvalue weighted by Gasteiger charge is 2.12. The highest BCUT2D eigenvalue weighted by atomic mass is 32.1. The number of nitrogens with one attached hydrogen (secondary N) is 1. The van der Waals surface area contributed by atoms with Crippen LogP contribution in [0.25, 0.3) is 0 Å². The molecule has 6 heteroatoms. The second-order valence-electron chi connectivity index (χ2n) is 4.10. The summed E-state index contributed by atoms with van der Waals surface area (Å²) in [6, 6.07) is 10.4. The standard InChI is InChI=1S/C14H12N2O3S/c15-13(20)8-1-3-9(4-2-8)16-14(19)11-7-10(17)5-6-12(11)18/h1-7,17-18H,(H2,15,20)(H,16,19). The number of aromatic hydroxyl groups is 2. The van der Waals surface area contributed by atoms with Gasteiger partial charge < -0.3 is 21.3 Å². The van der Waals surface area contributed by atoms with Crippen LogP contribution in [0.15, 0.2) is 42.5 Å². The molecule has 0 saturated carbocycles. The number of benzene rings is 2. The van der Waals surface area contributed by atoms with Crippen LogP contribution in [0.3, 0.4) is 0 Å². The number of hydrogen-bond acceptors (Lipinski definition) is 4. The molecule has 102 valence electrons. The first kappa shape index (κ1) is 13.8. The fraction of sp³-hybridized carbons (Fsp3) is 0. The average molecular weight is 288 g/mol.